The van der Waals surface area contributed by atoms with Crippen molar-refractivity contribution in [1.82, 2.24) is 10.9 Å². The molecule has 0 aliphatic heterocycles. The second-order valence-corrected chi connectivity index (χ2v) is 5.45. The lowest BCUT2D eigenvalue weighted by atomic mass is 10.3. The molecule has 0 saturated carbocycles. The van der Waals surface area contributed by atoms with Gasteiger partial charge < -0.3 is 5.32 Å². The van der Waals surface area contributed by atoms with Crippen molar-refractivity contribution in [3.05, 3.63) is 51.2 Å². The topological polar surface area (TPSA) is 70.2 Å². The third-order valence-corrected chi connectivity index (χ3v) is 3.52. The number of thiophene rings is 1. The standard InChI is InChI=1S/C12H8ClF2N3O2S/c13-9-5-4-8(21-9)11(19)17-18-12(20)16-10-6(14)2-1-3-7(10)15/h1-5H,(H,17,19)(H2,16,18,20). The van der Waals surface area contributed by atoms with E-state index in [1.165, 1.54) is 12.1 Å². The maximum atomic E-state index is 13.3. The van der Waals surface area contributed by atoms with Gasteiger partial charge in [-0.1, -0.05) is 17.7 Å². The summed E-state index contributed by atoms with van der Waals surface area (Å²) in [5, 5.41) is 1.95. The number of nitrogens with one attached hydrogen (secondary N) is 3. The molecular formula is C12H8ClF2N3O2S. The van der Waals surface area contributed by atoms with Gasteiger partial charge in [0.1, 0.15) is 17.3 Å². The van der Waals surface area contributed by atoms with Crippen molar-refractivity contribution in [3.8, 4) is 0 Å². The van der Waals surface area contributed by atoms with Gasteiger partial charge in [0.25, 0.3) is 5.91 Å². The average Bonchev–Trinajstić information content (AvgIpc) is 2.87. The fraction of sp³-hybridized carbons (Fsp3) is 0. The molecule has 0 aliphatic carbocycles. The minimum Gasteiger partial charge on any atom is -0.301 e. The van der Waals surface area contributed by atoms with E-state index in [1.807, 2.05) is 10.7 Å². The summed E-state index contributed by atoms with van der Waals surface area (Å²) in [6, 6.07) is 5.15. The van der Waals surface area contributed by atoms with Crippen LogP contribution in [0.15, 0.2) is 30.3 Å². The van der Waals surface area contributed by atoms with E-state index in [0.29, 0.717) is 4.34 Å². The van der Waals surface area contributed by atoms with Gasteiger partial charge in [0, 0.05) is 0 Å². The highest BCUT2D eigenvalue weighted by atomic mass is 35.5. The van der Waals surface area contributed by atoms with Crippen LogP contribution < -0.4 is 16.2 Å². The molecule has 2 aromatic rings. The van der Waals surface area contributed by atoms with Crippen molar-refractivity contribution >= 4 is 40.6 Å². The molecule has 3 N–H and O–H groups in total. The van der Waals surface area contributed by atoms with Crippen LogP contribution in [0.3, 0.4) is 0 Å². The van der Waals surface area contributed by atoms with Crippen LogP contribution in [0.1, 0.15) is 9.67 Å². The largest absolute Gasteiger partial charge is 0.338 e. The van der Waals surface area contributed by atoms with Crippen LogP contribution in [0.4, 0.5) is 19.3 Å². The Hall–Kier alpha value is -2.19. The Kier molecular flexibility index (Phi) is 4.71. The van der Waals surface area contributed by atoms with Gasteiger partial charge in [0.05, 0.1) is 9.21 Å². The molecule has 9 heteroatoms. The predicted octanol–water partition coefficient (Wildman–Crippen LogP) is 3.15. The van der Waals surface area contributed by atoms with Crippen molar-refractivity contribution in [3.63, 3.8) is 0 Å². The van der Waals surface area contributed by atoms with Crippen LogP contribution in [-0.2, 0) is 0 Å². The molecule has 0 spiro atoms. The molecule has 1 aromatic carbocycles. The molecule has 1 heterocycles. The molecule has 0 saturated heterocycles. The van der Waals surface area contributed by atoms with E-state index in [9.17, 15) is 18.4 Å². The van der Waals surface area contributed by atoms with Crippen LogP contribution in [0.5, 0.6) is 0 Å². The number of hydrogen-bond donors (Lipinski definition) is 3. The van der Waals surface area contributed by atoms with E-state index in [1.54, 1.807) is 0 Å². The molecule has 110 valence electrons. The molecule has 0 unspecified atom stereocenters. The Morgan fingerprint density at radius 3 is 2.29 bits per heavy atom. The molecule has 0 aliphatic rings. The number of para-hydroxylation sites is 1. The van der Waals surface area contributed by atoms with Crippen LogP contribution in [-0.4, -0.2) is 11.9 Å². The van der Waals surface area contributed by atoms with Crippen LogP contribution in [0.2, 0.25) is 4.34 Å². The number of carbonyl (C=O) groups is 2. The molecule has 0 fully saturated rings. The van der Waals surface area contributed by atoms with Gasteiger partial charge in [-0.3, -0.25) is 10.2 Å². The molecule has 5 nitrogen and oxygen atoms in total. The van der Waals surface area contributed by atoms with Gasteiger partial charge in [0.2, 0.25) is 0 Å². The molecule has 3 amide bonds. The van der Waals surface area contributed by atoms with E-state index in [0.717, 1.165) is 29.5 Å². The lowest BCUT2D eigenvalue weighted by Crippen LogP contribution is -2.43. The lowest BCUT2D eigenvalue weighted by molar-refractivity contribution is 0.0942. The SMILES string of the molecule is O=C(NNC(=O)c1ccc(Cl)s1)Nc1c(F)cccc1F. The summed E-state index contributed by atoms with van der Waals surface area (Å²) in [6.45, 7) is 0. The van der Waals surface area contributed by atoms with Crippen molar-refractivity contribution in [2.75, 3.05) is 5.32 Å². The first-order chi connectivity index (χ1) is 9.97. The van der Waals surface area contributed by atoms with Crippen molar-refractivity contribution in [2.24, 2.45) is 0 Å². The Balaban J connectivity index is 1.92. The monoisotopic (exact) mass is 331 g/mol. The van der Waals surface area contributed by atoms with E-state index >= 15 is 0 Å². The minimum absolute atomic E-state index is 0.275. The third kappa shape index (κ3) is 3.89. The van der Waals surface area contributed by atoms with Crippen LogP contribution in [0, 0.1) is 11.6 Å². The fourth-order valence-corrected chi connectivity index (χ4v) is 2.31. The molecule has 2 rings (SSSR count). The molecule has 1 aromatic heterocycles. The number of rotatable bonds is 2. The first-order valence-electron chi connectivity index (χ1n) is 5.54. The van der Waals surface area contributed by atoms with Crippen molar-refractivity contribution < 1.29 is 18.4 Å². The highest BCUT2D eigenvalue weighted by molar-refractivity contribution is 7.17. The quantitative estimate of drug-likeness (QED) is 0.740. The maximum absolute atomic E-state index is 13.3. The van der Waals surface area contributed by atoms with Gasteiger partial charge in [-0.05, 0) is 24.3 Å². The van der Waals surface area contributed by atoms with E-state index < -0.39 is 29.3 Å². The zero-order valence-corrected chi connectivity index (χ0v) is 11.8. The third-order valence-electron chi connectivity index (χ3n) is 2.29. The lowest BCUT2D eigenvalue weighted by Gasteiger charge is -2.09. The summed E-state index contributed by atoms with van der Waals surface area (Å²) in [7, 11) is 0. The highest BCUT2D eigenvalue weighted by Gasteiger charge is 2.13. The smallest absolute Gasteiger partial charge is 0.301 e. The number of carbonyl (C=O) groups excluding carboxylic acids is 2. The number of hydrogen-bond acceptors (Lipinski definition) is 3. The second-order valence-electron chi connectivity index (χ2n) is 3.73. The number of urea groups is 1. The predicted molar refractivity (Wildman–Crippen MR) is 75.3 cm³/mol. The summed E-state index contributed by atoms with van der Waals surface area (Å²) in [6.07, 6.45) is 0. The normalized spacial score (nSPS) is 10.0. The maximum Gasteiger partial charge on any atom is 0.338 e. The summed E-state index contributed by atoms with van der Waals surface area (Å²) in [5.41, 5.74) is 3.44. The molecular weight excluding hydrogens is 324 g/mol. The minimum atomic E-state index is -0.991. The van der Waals surface area contributed by atoms with Crippen LogP contribution in [0.25, 0.3) is 0 Å². The molecule has 0 radical (unpaired) electrons. The molecule has 21 heavy (non-hydrogen) atoms. The number of amides is 3. The first kappa shape index (κ1) is 15.2. The van der Waals surface area contributed by atoms with Crippen molar-refractivity contribution in [1.29, 1.82) is 0 Å². The van der Waals surface area contributed by atoms with Crippen molar-refractivity contribution in [2.45, 2.75) is 0 Å². The fourth-order valence-electron chi connectivity index (χ4n) is 1.37. The highest BCUT2D eigenvalue weighted by Crippen LogP contribution is 2.21. The number of hydrazine groups is 1. The van der Waals surface area contributed by atoms with E-state index in [2.05, 4.69) is 5.43 Å². The Morgan fingerprint density at radius 2 is 1.71 bits per heavy atom. The zero-order chi connectivity index (χ0) is 15.4. The molecule has 0 atom stereocenters. The average molecular weight is 332 g/mol. The number of anilines is 1. The summed E-state index contributed by atoms with van der Waals surface area (Å²) < 4.78 is 27.0. The summed E-state index contributed by atoms with van der Waals surface area (Å²) in [5.74, 6) is -2.46. The van der Waals surface area contributed by atoms with Gasteiger partial charge in [-0.15, -0.1) is 11.3 Å². The first-order valence-corrected chi connectivity index (χ1v) is 6.73. The van der Waals surface area contributed by atoms with Gasteiger partial charge in [-0.25, -0.2) is 19.0 Å². The Bertz CT molecular complexity index is 673. The van der Waals surface area contributed by atoms with Gasteiger partial charge in [0.15, 0.2) is 0 Å². The van der Waals surface area contributed by atoms with Crippen LogP contribution >= 0.6 is 22.9 Å². The van der Waals surface area contributed by atoms with Gasteiger partial charge >= 0.3 is 6.03 Å². The second kappa shape index (κ2) is 6.51. The van der Waals surface area contributed by atoms with E-state index in [-0.39, 0.29) is 4.88 Å². The number of benzene rings is 1. The summed E-state index contributed by atoms with van der Waals surface area (Å²) >= 11 is 6.68. The Labute approximate surface area is 126 Å². The van der Waals surface area contributed by atoms with E-state index in [4.69, 9.17) is 11.6 Å². The number of halogens is 3. The van der Waals surface area contributed by atoms with Gasteiger partial charge in [-0.2, -0.15) is 0 Å². The zero-order valence-electron chi connectivity index (χ0n) is 10.2. The molecule has 0 bridgehead atoms. The Morgan fingerprint density at radius 1 is 1.05 bits per heavy atom. The summed E-state index contributed by atoms with van der Waals surface area (Å²) in [4.78, 5) is 23.3.